The Balaban J connectivity index is 1.36. The van der Waals surface area contributed by atoms with Gasteiger partial charge in [-0.15, -0.1) is 0 Å². The molecular formula is C31H57N3O4. The molecule has 11 unspecified atom stereocenters. The van der Waals surface area contributed by atoms with Crippen molar-refractivity contribution in [3.8, 4) is 0 Å². The van der Waals surface area contributed by atoms with Gasteiger partial charge >= 0.3 is 5.97 Å². The first kappa shape index (κ1) is 30.2. The van der Waals surface area contributed by atoms with Crippen molar-refractivity contribution in [2.24, 2.45) is 41.4 Å². The minimum absolute atomic E-state index is 0.0270. The van der Waals surface area contributed by atoms with Crippen LogP contribution >= 0.6 is 0 Å². The highest BCUT2D eigenvalue weighted by molar-refractivity contribution is 5.69. The minimum atomic E-state index is -0.409. The Bertz CT molecular complexity index is 704. The molecule has 0 aromatic rings. The van der Waals surface area contributed by atoms with Crippen LogP contribution in [-0.4, -0.2) is 55.0 Å². The van der Waals surface area contributed by atoms with E-state index >= 15 is 0 Å². The normalized spacial score (nSPS) is 44.5. The van der Waals surface area contributed by atoms with E-state index in [0.717, 1.165) is 31.1 Å². The van der Waals surface area contributed by atoms with Crippen LogP contribution in [0.4, 0.5) is 0 Å². The van der Waals surface area contributed by atoms with Crippen LogP contribution in [-0.2, 0) is 14.3 Å². The Morgan fingerprint density at radius 2 is 1.26 bits per heavy atom. The fourth-order valence-corrected chi connectivity index (χ4v) is 8.15. The van der Waals surface area contributed by atoms with Gasteiger partial charge in [0.15, 0.2) is 0 Å². The van der Waals surface area contributed by atoms with Crippen LogP contribution < -0.4 is 16.0 Å². The third-order valence-electron chi connectivity index (χ3n) is 10.3. The number of hydrogen-bond donors (Lipinski definition) is 4. The number of carbonyl (C=O) groups excluding carboxylic acids is 1. The molecular weight excluding hydrogens is 478 g/mol. The van der Waals surface area contributed by atoms with E-state index in [-0.39, 0.29) is 24.2 Å². The molecule has 0 aromatic carbocycles. The SMILES string of the molecule is CCCC(=O)OCCOC1CCC(C2NC(C3CCC(C)CC3C)NC(C3CCC(C)CC3C)N2)C(O)C1. The third-order valence-corrected chi connectivity index (χ3v) is 10.3. The van der Waals surface area contributed by atoms with E-state index in [4.69, 9.17) is 9.47 Å². The molecule has 1 saturated heterocycles. The average molecular weight is 536 g/mol. The second-order valence-electron chi connectivity index (χ2n) is 13.6. The van der Waals surface area contributed by atoms with Gasteiger partial charge in [-0.3, -0.25) is 20.7 Å². The maximum absolute atomic E-state index is 11.6. The highest BCUT2D eigenvalue weighted by Crippen LogP contribution is 2.40. The summed E-state index contributed by atoms with van der Waals surface area (Å²) in [7, 11) is 0. The molecule has 0 spiro atoms. The van der Waals surface area contributed by atoms with Gasteiger partial charge in [0, 0.05) is 12.3 Å². The van der Waals surface area contributed by atoms with Gasteiger partial charge < -0.3 is 14.6 Å². The van der Waals surface area contributed by atoms with Crippen molar-refractivity contribution in [2.45, 2.75) is 136 Å². The van der Waals surface area contributed by atoms with Crippen molar-refractivity contribution >= 4 is 5.97 Å². The molecule has 7 heteroatoms. The average Bonchev–Trinajstić information content (AvgIpc) is 2.86. The summed E-state index contributed by atoms with van der Waals surface area (Å²) in [5, 5.41) is 23.3. The summed E-state index contributed by atoms with van der Waals surface area (Å²) in [5.74, 6) is 4.31. The van der Waals surface area contributed by atoms with Crippen LogP contribution in [0.3, 0.4) is 0 Å². The van der Waals surface area contributed by atoms with E-state index in [9.17, 15) is 9.90 Å². The lowest BCUT2D eigenvalue weighted by atomic mass is 9.71. The summed E-state index contributed by atoms with van der Waals surface area (Å²) in [5.41, 5.74) is 0. The second kappa shape index (κ2) is 14.2. The van der Waals surface area contributed by atoms with Crippen molar-refractivity contribution in [3.05, 3.63) is 0 Å². The van der Waals surface area contributed by atoms with Gasteiger partial charge in [0.05, 0.1) is 37.3 Å². The number of nitrogens with one attached hydrogen (secondary N) is 3. The standard InChI is InChI=1S/C31H57N3O4/c1-6-7-28(36)38-15-14-37-23-10-13-26(27(35)18-23)31-33-29(24-11-8-19(2)16-21(24)4)32-30(34-31)25-12-9-20(3)17-22(25)5/h19-27,29-35H,6-18H2,1-5H3. The van der Waals surface area contributed by atoms with E-state index in [2.05, 4.69) is 43.6 Å². The van der Waals surface area contributed by atoms with Crippen LogP contribution in [0.5, 0.6) is 0 Å². The number of ether oxygens (including phenoxy) is 2. The maximum atomic E-state index is 11.6. The molecule has 4 aliphatic rings. The molecule has 1 heterocycles. The lowest BCUT2D eigenvalue weighted by molar-refractivity contribution is -0.146. The lowest BCUT2D eigenvalue weighted by Crippen LogP contribution is -2.74. The quantitative estimate of drug-likeness (QED) is 0.249. The zero-order valence-corrected chi connectivity index (χ0v) is 24.8. The lowest BCUT2D eigenvalue weighted by Gasteiger charge is -2.52. The van der Waals surface area contributed by atoms with Crippen molar-refractivity contribution in [1.29, 1.82) is 0 Å². The Kier molecular flexibility index (Phi) is 11.3. The van der Waals surface area contributed by atoms with Gasteiger partial charge in [-0.05, 0) is 86.9 Å². The monoisotopic (exact) mass is 535 g/mol. The van der Waals surface area contributed by atoms with E-state index in [0.29, 0.717) is 62.1 Å². The molecule has 4 rings (SSSR count). The predicted molar refractivity (Wildman–Crippen MR) is 151 cm³/mol. The van der Waals surface area contributed by atoms with Gasteiger partial charge in [0.2, 0.25) is 0 Å². The Labute approximate surface area is 231 Å². The van der Waals surface area contributed by atoms with E-state index in [1.807, 2.05) is 6.92 Å². The zero-order chi connectivity index (χ0) is 27.2. The maximum Gasteiger partial charge on any atom is 0.305 e. The fourth-order valence-electron chi connectivity index (χ4n) is 8.15. The van der Waals surface area contributed by atoms with Gasteiger partial charge in [-0.25, -0.2) is 0 Å². The van der Waals surface area contributed by atoms with E-state index in [1.54, 1.807) is 0 Å². The highest BCUT2D eigenvalue weighted by atomic mass is 16.6. The zero-order valence-electron chi connectivity index (χ0n) is 24.8. The number of aliphatic hydroxyl groups excluding tert-OH is 1. The van der Waals surface area contributed by atoms with Gasteiger partial charge in [-0.1, -0.05) is 47.5 Å². The molecule has 0 radical (unpaired) electrons. The summed E-state index contributed by atoms with van der Waals surface area (Å²) in [6.07, 6.45) is 11.9. The molecule has 0 bridgehead atoms. The smallest absolute Gasteiger partial charge is 0.305 e. The molecule has 0 amide bonds. The van der Waals surface area contributed by atoms with Crippen molar-refractivity contribution < 1.29 is 19.4 Å². The van der Waals surface area contributed by atoms with Crippen molar-refractivity contribution in [1.82, 2.24) is 16.0 Å². The number of esters is 1. The first-order valence-corrected chi connectivity index (χ1v) is 16.0. The molecule has 11 atom stereocenters. The van der Waals surface area contributed by atoms with Crippen LogP contribution in [0.15, 0.2) is 0 Å². The molecule has 220 valence electrons. The third kappa shape index (κ3) is 7.93. The van der Waals surface area contributed by atoms with Gasteiger partial charge in [0.1, 0.15) is 6.61 Å². The molecule has 7 nitrogen and oxygen atoms in total. The van der Waals surface area contributed by atoms with Gasteiger partial charge in [-0.2, -0.15) is 0 Å². The van der Waals surface area contributed by atoms with E-state index in [1.165, 1.54) is 38.5 Å². The van der Waals surface area contributed by atoms with Crippen molar-refractivity contribution in [3.63, 3.8) is 0 Å². The number of aliphatic hydroxyl groups is 1. The molecule has 0 aromatic heterocycles. The molecule has 4 fully saturated rings. The summed E-state index contributed by atoms with van der Waals surface area (Å²) >= 11 is 0. The molecule has 38 heavy (non-hydrogen) atoms. The summed E-state index contributed by atoms with van der Waals surface area (Å²) < 4.78 is 11.2. The summed E-state index contributed by atoms with van der Waals surface area (Å²) in [6, 6.07) is 0. The second-order valence-corrected chi connectivity index (χ2v) is 13.6. The Hall–Kier alpha value is -0.730. The predicted octanol–water partition coefficient (Wildman–Crippen LogP) is 4.78. The molecule has 4 N–H and O–H groups in total. The number of carbonyl (C=O) groups is 1. The van der Waals surface area contributed by atoms with Crippen molar-refractivity contribution in [2.75, 3.05) is 13.2 Å². The van der Waals surface area contributed by atoms with E-state index < -0.39 is 6.10 Å². The molecule has 3 saturated carbocycles. The summed E-state index contributed by atoms with van der Waals surface area (Å²) in [4.78, 5) is 11.6. The van der Waals surface area contributed by atoms with Gasteiger partial charge in [0.25, 0.3) is 0 Å². The molecule has 1 aliphatic heterocycles. The fraction of sp³-hybridized carbons (Fsp3) is 0.968. The summed E-state index contributed by atoms with van der Waals surface area (Å²) in [6.45, 7) is 12.4. The van der Waals surface area contributed by atoms with Crippen LogP contribution in [0.1, 0.15) is 105 Å². The Morgan fingerprint density at radius 3 is 1.76 bits per heavy atom. The van der Waals surface area contributed by atoms with Crippen LogP contribution in [0.2, 0.25) is 0 Å². The first-order chi connectivity index (χ1) is 18.2. The molecule has 3 aliphatic carbocycles. The Morgan fingerprint density at radius 1 is 0.737 bits per heavy atom. The first-order valence-electron chi connectivity index (χ1n) is 16.0. The van der Waals surface area contributed by atoms with Crippen LogP contribution in [0, 0.1) is 41.4 Å². The van der Waals surface area contributed by atoms with Crippen LogP contribution in [0.25, 0.3) is 0 Å². The highest BCUT2D eigenvalue weighted by Gasteiger charge is 2.45. The number of rotatable bonds is 9. The largest absolute Gasteiger partial charge is 0.463 e. The topological polar surface area (TPSA) is 91.9 Å². The minimum Gasteiger partial charge on any atom is -0.463 e. The number of hydrogen-bond acceptors (Lipinski definition) is 7.